The van der Waals surface area contributed by atoms with Crippen LogP contribution in [0.2, 0.25) is 0 Å². The van der Waals surface area contributed by atoms with Crippen LogP contribution in [-0.4, -0.2) is 17.7 Å². The van der Waals surface area contributed by atoms with Crippen LogP contribution in [0.5, 0.6) is 5.75 Å². The van der Waals surface area contributed by atoms with E-state index in [-0.39, 0.29) is 13.2 Å². The van der Waals surface area contributed by atoms with Crippen molar-refractivity contribution in [2.75, 3.05) is 6.61 Å². The number of hydrogen-bond donors (Lipinski definition) is 0. The van der Waals surface area contributed by atoms with Crippen LogP contribution in [-0.2, 0) is 16.1 Å². The first-order valence-corrected chi connectivity index (χ1v) is 8.98. The molecule has 0 fully saturated rings. The number of benzene rings is 3. The van der Waals surface area contributed by atoms with Crippen molar-refractivity contribution in [2.45, 2.75) is 13.5 Å². The number of aryl methyl sites for hydroxylation is 1. The second-order valence-electron chi connectivity index (χ2n) is 6.49. The van der Waals surface area contributed by atoms with Crippen molar-refractivity contribution >= 4 is 16.9 Å². The minimum Gasteiger partial charge on any atom is -0.482 e. The Labute approximate surface area is 162 Å². The van der Waals surface area contributed by atoms with Crippen molar-refractivity contribution in [2.24, 2.45) is 0 Å². The molecule has 0 bridgehead atoms. The summed E-state index contributed by atoms with van der Waals surface area (Å²) in [5.74, 6) is 0.0950. The van der Waals surface area contributed by atoms with E-state index in [1.54, 1.807) is 12.1 Å². The van der Waals surface area contributed by atoms with Crippen LogP contribution in [0, 0.1) is 6.92 Å². The van der Waals surface area contributed by atoms with Crippen molar-refractivity contribution in [3.05, 3.63) is 83.9 Å². The number of rotatable bonds is 6. The average molecular weight is 373 g/mol. The maximum Gasteiger partial charge on any atom is 0.344 e. The van der Waals surface area contributed by atoms with E-state index in [9.17, 15) is 4.79 Å². The van der Waals surface area contributed by atoms with Gasteiger partial charge in [-0.25, -0.2) is 4.79 Å². The molecule has 0 saturated carbocycles. The zero-order chi connectivity index (χ0) is 19.3. The predicted octanol–water partition coefficient (Wildman–Crippen LogP) is 4.93. The molecule has 0 saturated heterocycles. The van der Waals surface area contributed by atoms with Gasteiger partial charge in [-0.1, -0.05) is 65.3 Å². The van der Waals surface area contributed by atoms with Gasteiger partial charge in [-0.15, -0.1) is 0 Å². The molecular formula is C23H19NO4. The molecule has 5 nitrogen and oxygen atoms in total. The van der Waals surface area contributed by atoms with E-state index in [1.165, 1.54) is 5.56 Å². The van der Waals surface area contributed by atoms with Gasteiger partial charge in [0.25, 0.3) is 0 Å². The third-order valence-corrected chi connectivity index (χ3v) is 4.37. The van der Waals surface area contributed by atoms with E-state index in [4.69, 9.17) is 14.0 Å². The van der Waals surface area contributed by atoms with Gasteiger partial charge >= 0.3 is 5.97 Å². The zero-order valence-corrected chi connectivity index (χ0v) is 15.4. The van der Waals surface area contributed by atoms with E-state index >= 15 is 0 Å². The number of carbonyl (C=O) groups is 1. The molecule has 0 N–H and O–H groups in total. The Hall–Kier alpha value is -3.60. The summed E-state index contributed by atoms with van der Waals surface area (Å²) < 4.78 is 16.2. The van der Waals surface area contributed by atoms with E-state index in [0.29, 0.717) is 11.3 Å². The predicted molar refractivity (Wildman–Crippen MR) is 106 cm³/mol. The molecule has 1 aromatic heterocycles. The highest BCUT2D eigenvalue weighted by Crippen LogP contribution is 2.30. The molecule has 0 aliphatic carbocycles. The number of hydrogen-bond acceptors (Lipinski definition) is 5. The summed E-state index contributed by atoms with van der Waals surface area (Å²) in [6.07, 6.45) is 0. The van der Waals surface area contributed by atoms with Crippen molar-refractivity contribution in [1.29, 1.82) is 0 Å². The number of fused-ring (bicyclic) bond motifs is 1. The van der Waals surface area contributed by atoms with Crippen LogP contribution in [0.15, 0.2) is 77.3 Å². The van der Waals surface area contributed by atoms with Crippen molar-refractivity contribution in [1.82, 2.24) is 5.16 Å². The van der Waals surface area contributed by atoms with Crippen LogP contribution in [0.3, 0.4) is 0 Å². The highest BCUT2D eigenvalue weighted by atomic mass is 16.6. The smallest absolute Gasteiger partial charge is 0.344 e. The van der Waals surface area contributed by atoms with E-state index < -0.39 is 5.97 Å². The Morgan fingerprint density at radius 2 is 1.79 bits per heavy atom. The fourth-order valence-corrected chi connectivity index (χ4v) is 2.85. The van der Waals surface area contributed by atoms with Gasteiger partial charge in [0, 0.05) is 17.0 Å². The van der Waals surface area contributed by atoms with Crippen LogP contribution in [0.1, 0.15) is 11.1 Å². The molecule has 0 amide bonds. The Morgan fingerprint density at radius 1 is 1.00 bits per heavy atom. The standard InChI is InChI=1S/C23H19NO4/c1-16-7-9-18(10-8-16)23-20-12-11-19(13-21(20)28-24-23)26-15-22(25)27-14-17-5-3-2-4-6-17/h2-13H,14-15H2,1H3. The lowest BCUT2D eigenvalue weighted by Crippen LogP contribution is -2.14. The summed E-state index contributed by atoms with van der Waals surface area (Å²) in [6, 6.07) is 23.0. The first-order chi connectivity index (χ1) is 13.7. The monoisotopic (exact) mass is 373 g/mol. The summed E-state index contributed by atoms with van der Waals surface area (Å²) >= 11 is 0. The number of nitrogens with zero attached hydrogens (tertiary/aromatic N) is 1. The van der Waals surface area contributed by atoms with Gasteiger partial charge in [-0.2, -0.15) is 0 Å². The zero-order valence-electron chi connectivity index (χ0n) is 15.4. The van der Waals surface area contributed by atoms with E-state index in [2.05, 4.69) is 5.16 Å². The Morgan fingerprint density at radius 3 is 2.57 bits per heavy atom. The van der Waals surface area contributed by atoms with Gasteiger partial charge in [0.05, 0.1) is 0 Å². The molecule has 0 aliphatic rings. The highest BCUT2D eigenvalue weighted by Gasteiger charge is 2.12. The largest absolute Gasteiger partial charge is 0.482 e. The maximum absolute atomic E-state index is 11.9. The van der Waals surface area contributed by atoms with Crippen LogP contribution in [0.25, 0.3) is 22.2 Å². The van der Waals surface area contributed by atoms with Crippen LogP contribution >= 0.6 is 0 Å². The number of aromatic nitrogens is 1. The third kappa shape index (κ3) is 4.04. The molecule has 140 valence electrons. The normalized spacial score (nSPS) is 10.8. The topological polar surface area (TPSA) is 61.6 Å². The fourth-order valence-electron chi connectivity index (χ4n) is 2.85. The van der Waals surface area contributed by atoms with Crippen molar-refractivity contribution in [3.63, 3.8) is 0 Å². The minimum atomic E-state index is -0.429. The molecule has 0 atom stereocenters. The lowest BCUT2D eigenvalue weighted by molar-refractivity contribution is -0.147. The van der Waals surface area contributed by atoms with Gasteiger partial charge in [-0.05, 0) is 24.6 Å². The molecule has 28 heavy (non-hydrogen) atoms. The summed E-state index contributed by atoms with van der Waals surface area (Å²) in [7, 11) is 0. The molecule has 4 rings (SSSR count). The molecule has 4 aromatic rings. The van der Waals surface area contributed by atoms with Gasteiger partial charge < -0.3 is 14.0 Å². The summed E-state index contributed by atoms with van der Waals surface area (Å²) in [6.45, 7) is 2.10. The van der Waals surface area contributed by atoms with E-state index in [1.807, 2.05) is 67.6 Å². The Balaban J connectivity index is 1.40. The summed E-state index contributed by atoms with van der Waals surface area (Å²) in [5.41, 5.74) is 4.49. The first kappa shape index (κ1) is 17.8. The SMILES string of the molecule is Cc1ccc(-c2noc3cc(OCC(=O)OCc4ccccc4)ccc23)cc1. The summed E-state index contributed by atoms with van der Waals surface area (Å²) in [5, 5.41) is 5.06. The van der Waals surface area contributed by atoms with Crippen molar-refractivity contribution < 1.29 is 18.8 Å². The summed E-state index contributed by atoms with van der Waals surface area (Å²) in [4.78, 5) is 11.9. The van der Waals surface area contributed by atoms with E-state index in [0.717, 1.165) is 22.2 Å². The molecule has 3 aromatic carbocycles. The second-order valence-corrected chi connectivity index (χ2v) is 6.49. The molecule has 1 heterocycles. The average Bonchev–Trinajstić information content (AvgIpc) is 3.15. The van der Waals surface area contributed by atoms with Crippen molar-refractivity contribution in [3.8, 4) is 17.0 Å². The maximum atomic E-state index is 11.9. The Bertz CT molecular complexity index is 1080. The molecule has 5 heteroatoms. The van der Waals surface area contributed by atoms with Crippen LogP contribution in [0.4, 0.5) is 0 Å². The molecule has 0 spiro atoms. The number of carbonyl (C=O) groups excluding carboxylic acids is 1. The molecule has 0 unspecified atom stereocenters. The lowest BCUT2D eigenvalue weighted by Gasteiger charge is -2.07. The fraction of sp³-hybridized carbons (Fsp3) is 0.130. The lowest BCUT2D eigenvalue weighted by atomic mass is 10.1. The van der Waals surface area contributed by atoms with Gasteiger partial charge in [-0.3, -0.25) is 0 Å². The molecular weight excluding hydrogens is 354 g/mol. The molecule has 0 aliphatic heterocycles. The highest BCUT2D eigenvalue weighted by molar-refractivity contribution is 5.92. The van der Waals surface area contributed by atoms with Gasteiger partial charge in [0.15, 0.2) is 12.2 Å². The van der Waals surface area contributed by atoms with Gasteiger partial charge in [0.2, 0.25) is 0 Å². The number of ether oxygens (including phenoxy) is 2. The number of esters is 1. The quantitative estimate of drug-likeness (QED) is 0.449. The van der Waals surface area contributed by atoms with Gasteiger partial charge in [0.1, 0.15) is 18.1 Å². The first-order valence-electron chi connectivity index (χ1n) is 8.98. The minimum absolute atomic E-state index is 0.169. The molecule has 0 radical (unpaired) electrons. The third-order valence-electron chi connectivity index (χ3n) is 4.37. The Kier molecular flexibility index (Phi) is 5.06. The second kappa shape index (κ2) is 7.96. The van der Waals surface area contributed by atoms with Crippen LogP contribution < -0.4 is 4.74 Å².